The summed E-state index contributed by atoms with van der Waals surface area (Å²) in [5.41, 5.74) is 2.25. The van der Waals surface area contributed by atoms with E-state index < -0.39 is 0 Å². The summed E-state index contributed by atoms with van der Waals surface area (Å²) in [5.74, 6) is 1.81. The van der Waals surface area contributed by atoms with E-state index >= 15 is 0 Å². The van der Waals surface area contributed by atoms with Crippen molar-refractivity contribution < 1.29 is 0 Å². The molecule has 2 aromatic rings. The normalized spacial score (nSPS) is 17.5. The molecule has 5 nitrogen and oxygen atoms in total. The predicted octanol–water partition coefficient (Wildman–Crippen LogP) is 1.71. The zero-order valence-corrected chi connectivity index (χ0v) is 11.0. The molecule has 0 unspecified atom stereocenters. The van der Waals surface area contributed by atoms with Gasteiger partial charge >= 0.3 is 0 Å². The molecule has 0 amide bonds. The monoisotopic (exact) mass is 259 g/mol. The van der Waals surface area contributed by atoms with Gasteiger partial charge in [0.05, 0.1) is 18.0 Å². The van der Waals surface area contributed by atoms with Crippen LogP contribution in [-0.4, -0.2) is 32.0 Å². The quantitative estimate of drug-likeness (QED) is 0.783. The molecule has 1 aliphatic heterocycles. The smallest absolute Gasteiger partial charge is 0.193 e. The van der Waals surface area contributed by atoms with Crippen LogP contribution < -0.4 is 0 Å². The Labute approximate surface area is 109 Å². The Kier molecular flexibility index (Phi) is 2.14. The van der Waals surface area contributed by atoms with Crippen molar-refractivity contribution in [3.05, 3.63) is 16.4 Å². The van der Waals surface area contributed by atoms with Crippen molar-refractivity contribution in [2.24, 2.45) is 4.99 Å². The first-order chi connectivity index (χ1) is 8.83. The molecule has 0 spiro atoms. The van der Waals surface area contributed by atoms with Crippen molar-refractivity contribution in [3.8, 4) is 10.8 Å². The lowest BCUT2D eigenvalue weighted by Gasteiger charge is -2.12. The average Bonchev–Trinajstić information content (AvgIpc) is 3.00. The highest BCUT2D eigenvalue weighted by Crippen LogP contribution is 2.33. The SMILES string of the molecule is CC1=NCCn2c1nnc2-c1nc2c(s1)CCC2. The van der Waals surface area contributed by atoms with Gasteiger partial charge in [0.25, 0.3) is 0 Å². The van der Waals surface area contributed by atoms with Crippen molar-refractivity contribution in [1.82, 2.24) is 19.7 Å². The van der Waals surface area contributed by atoms with E-state index in [0.717, 1.165) is 41.9 Å². The second kappa shape index (κ2) is 3.71. The number of rotatable bonds is 1. The largest absolute Gasteiger partial charge is 0.302 e. The van der Waals surface area contributed by atoms with E-state index in [1.165, 1.54) is 23.4 Å². The second-order valence-electron chi connectivity index (χ2n) is 4.71. The van der Waals surface area contributed by atoms with Crippen LogP contribution in [0.2, 0.25) is 0 Å². The maximum absolute atomic E-state index is 4.72. The van der Waals surface area contributed by atoms with Gasteiger partial charge in [-0.2, -0.15) is 0 Å². The molecule has 6 heteroatoms. The van der Waals surface area contributed by atoms with Crippen LogP contribution in [0.15, 0.2) is 4.99 Å². The number of nitrogens with zero attached hydrogens (tertiary/aromatic N) is 5. The second-order valence-corrected chi connectivity index (χ2v) is 5.79. The Morgan fingerprint density at radius 1 is 1.17 bits per heavy atom. The van der Waals surface area contributed by atoms with Crippen LogP contribution in [0, 0.1) is 0 Å². The van der Waals surface area contributed by atoms with Crippen LogP contribution in [0.1, 0.15) is 29.7 Å². The van der Waals surface area contributed by atoms with Crippen molar-refractivity contribution in [2.45, 2.75) is 32.7 Å². The van der Waals surface area contributed by atoms with Gasteiger partial charge in [-0.1, -0.05) is 0 Å². The van der Waals surface area contributed by atoms with Gasteiger partial charge in [-0.15, -0.1) is 21.5 Å². The molecular formula is C12H13N5S. The van der Waals surface area contributed by atoms with E-state index in [0.29, 0.717) is 0 Å². The Morgan fingerprint density at radius 2 is 2.06 bits per heavy atom. The van der Waals surface area contributed by atoms with E-state index in [9.17, 15) is 0 Å². The number of aromatic nitrogens is 4. The molecule has 0 bridgehead atoms. The predicted molar refractivity (Wildman–Crippen MR) is 70.2 cm³/mol. The number of thiazole rings is 1. The highest BCUT2D eigenvalue weighted by atomic mass is 32.1. The summed E-state index contributed by atoms with van der Waals surface area (Å²) < 4.78 is 2.15. The van der Waals surface area contributed by atoms with Gasteiger partial charge in [0.15, 0.2) is 16.7 Å². The van der Waals surface area contributed by atoms with Gasteiger partial charge in [-0.3, -0.25) is 4.99 Å². The van der Waals surface area contributed by atoms with E-state index in [1.54, 1.807) is 11.3 Å². The lowest BCUT2D eigenvalue weighted by atomic mass is 10.3. The zero-order chi connectivity index (χ0) is 12.1. The van der Waals surface area contributed by atoms with Crippen LogP contribution in [0.5, 0.6) is 0 Å². The van der Waals surface area contributed by atoms with Crippen LogP contribution >= 0.6 is 11.3 Å². The molecular weight excluding hydrogens is 246 g/mol. The van der Waals surface area contributed by atoms with Crippen LogP contribution in [0.3, 0.4) is 0 Å². The third kappa shape index (κ3) is 1.38. The summed E-state index contributed by atoms with van der Waals surface area (Å²) in [7, 11) is 0. The molecule has 2 aliphatic rings. The van der Waals surface area contributed by atoms with Gasteiger partial charge in [-0.25, -0.2) is 4.98 Å². The maximum Gasteiger partial charge on any atom is 0.193 e. The fourth-order valence-corrected chi connectivity index (χ4v) is 3.76. The molecule has 3 heterocycles. The first kappa shape index (κ1) is 10.4. The zero-order valence-electron chi connectivity index (χ0n) is 10.2. The van der Waals surface area contributed by atoms with E-state index in [4.69, 9.17) is 4.98 Å². The number of fused-ring (bicyclic) bond motifs is 2. The Morgan fingerprint density at radius 3 is 2.94 bits per heavy atom. The molecule has 0 atom stereocenters. The minimum Gasteiger partial charge on any atom is -0.302 e. The third-order valence-electron chi connectivity index (χ3n) is 3.53. The van der Waals surface area contributed by atoms with Crippen molar-refractivity contribution >= 4 is 17.0 Å². The van der Waals surface area contributed by atoms with Gasteiger partial charge in [0, 0.05) is 11.4 Å². The summed E-state index contributed by atoms with van der Waals surface area (Å²) in [6, 6.07) is 0. The molecule has 0 saturated carbocycles. The fourth-order valence-electron chi connectivity index (χ4n) is 2.62. The van der Waals surface area contributed by atoms with Gasteiger partial charge in [-0.05, 0) is 26.2 Å². The molecule has 0 radical (unpaired) electrons. The molecule has 0 aromatic carbocycles. The first-order valence-corrected chi connectivity index (χ1v) is 7.08. The molecule has 0 saturated heterocycles. The summed E-state index contributed by atoms with van der Waals surface area (Å²) in [6.45, 7) is 3.67. The fraction of sp³-hybridized carbons (Fsp3) is 0.500. The average molecular weight is 259 g/mol. The molecule has 0 N–H and O–H groups in total. The lowest BCUT2D eigenvalue weighted by Crippen LogP contribution is -2.17. The third-order valence-corrected chi connectivity index (χ3v) is 4.69. The van der Waals surface area contributed by atoms with Crippen LogP contribution in [-0.2, 0) is 19.4 Å². The molecule has 0 fully saturated rings. The number of aryl methyl sites for hydroxylation is 2. The molecule has 1 aliphatic carbocycles. The Bertz CT molecular complexity index is 630. The van der Waals surface area contributed by atoms with Gasteiger partial charge in [0.1, 0.15) is 0 Å². The van der Waals surface area contributed by atoms with Crippen molar-refractivity contribution in [2.75, 3.05) is 6.54 Å². The van der Waals surface area contributed by atoms with Crippen molar-refractivity contribution in [3.63, 3.8) is 0 Å². The lowest BCUT2D eigenvalue weighted by molar-refractivity contribution is 0.686. The Balaban J connectivity index is 1.83. The molecule has 18 heavy (non-hydrogen) atoms. The summed E-state index contributed by atoms with van der Waals surface area (Å²) in [4.78, 5) is 10.6. The molecule has 4 rings (SSSR count). The van der Waals surface area contributed by atoms with Crippen LogP contribution in [0.25, 0.3) is 10.8 Å². The number of hydrogen-bond acceptors (Lipinski definition) is 5. The Hall–Kier alpha value is -1.56. The van der Waals surface area contributed by atoms with Gasteiger partial charge < -0.3 is 4.57 Å². The number of hydrogen-bond donors (Lipinski definition) is 0. The standard InChI is InChI=1S/C12H13N5S/c1-7-10-15-16-11(17(10)6-5-13-7)12-14-8-3-2-4-9(8)18-12/h2-6H2,1H3. The summed E-state index contributed by atoms with van der Waals surface area (Å²) in [5, 5.41) is 9.58. The van der Waals surface area contributed by atoms with E-state index in [2.05, 4.69) is 19.8 Å². The molecule has 92 valence electrons. The van der Waals surface area contributed by atoms with E-state index in [1.807, 2.05) is 6.92 Å². The van der Waals surface area contributed by atoms with Crippen molar-refractivity contribution in [1.29, 1.82) is 0 Å². The van der Waals surface area contributed by atoms with Gasteiger partial charge in [0.2, 0.25) is 0 Å². The summed E-state index contributed by atoms with van der Waals surface area (Å²) in [6.07, 6.45) is 3.54. The van der Waals surface area contributed by atoms with Crippen LogP contribution in [0.4, 0.5) is 0 Å². The minimum atomic E-state index is 0.814. The number of aliphatic imine (C=N–C) groups is 1. The highest BCUT2D eigenvalue weighted by molar-refractivity contribution is 7.15. The topological polar surface area (TPSA) is 56.0 Å². The maximum atomic E-state index is 4.72. The minimum absolute atomic E-state index is 0.814. The van der Waals surface area contributed by atoms with E-state index in [-0.39, 0.29) is 0 Å². The molecule has 2 aromatic heterocycles. The first-order valence-electron chi connectivity index (χ1n) is 6.26. The summed E-state index contributed by atoms with van der Waals surface area (Å²) >= 11 is 1.78. The highest BCUT2D eigenvalue weighted by Gasteiger charge is 2.23.